The number of hydrogen-bond acceptors (Lipinski definition) is 6. The maximum Gasteiger partial charge on any atom is 0.284 e. The van der Waals surface area contributed by atoms with Crippen molar-refractivity contribution >= 4 is 28.7 Å². The number of hydrogen-bond donors (Lipinski definition) is 1. The number of rotatable bonds is 3. The molecule has 7 heteroatoms. The molecule has 0 amide bonds. The molecule has 0 aromatic carbocycles. The van der Waals surface area contributed by atoms with Gasteiger partial charge in [-0.3, -0.25) is 0 Å². The average molecular weight is 294 g/mol. The van der Waals surface area contributed by atoms with Crippen LogP contribution in [0.15, 0.2) is 4.42 Å². The van der Waals surface area contributed by atoms with Gasteiger partial charge in [0.1, 0.15) is 4.88 Å². The zero-order valence-electron chi connectivity index (χ0n) is 10.4. The number of aromatic amines is 1. The maximum atomic E-state index is 5.46. The maximum absolute atomic E-state index is 5.46. The molecule has 2 aromatic heterocycles. The lowest BCUT2D eigenvalue weighted by Gasteiger charge is -2.12. The number of aromatic nitrogens is 3. The van der Waals surface area contributed by atoms with Crippen molar-refractivity contribution in [1.29, 1.82) is 0 Å². The predicted octanol–water partition coefficient (Wildman–Crippen LogP) is 3.33. The number of H-pyrrole nitrogens is 1. The van der Waals surface area contributed by atoms with Gasteiger partial charge in [0.2, 0.25) is 0 Å². The van der Waals surface area contributed by atoms with E-state index in [9.17, 15) is 0 Å². The van der Waals surface area contributed by atoms with E-state index in [1.807, 2.05) is 0 Å². The van der Waals surface area contributed by atoms with E-state index in [0.29, 0.717) is 16.6 Å². The first-order valence-corrected chi connectivity index (χ1v) is 7.85. The van der Waals surface area contributed by atoms with Gasteiger partial charge in [-0.2, -0.15) is 0 Å². The minimum atomic E-state index is 0.327. The molecule has 1 saturated carbocycles. The fourth-order valence-electron chi connectivity index (χ4n) is 2.48. The Hall–Kier alpha value is -1.21. The summed E-state index contributed by atoms with van der Waals surface area (Å²) in [5, 5.41) is 7.96. The molecule has 1 aliphatic carbocycles. The van der Waals surface area contributed by atoms with E-state index in [0.717, 1.165) is 28.8 Å². The highest BCUT2D eigenvalue weighted by molar-refractivity contribution is 7.71. The zero-order chi connectivity index (χ0) is 12.8. The molecule has 1 aliphatic heterocycles. The highest BCUT2D eigenvalue weighted by atomic mass is 32.1. The number of thiazole rings is 1. The Morgan fingerprint density at radius 1 is 1.32 bits per heavy atom. The SMILES string of the molecule is S=c1[nH]nc(-c2sc(N3CCCC3)nc2C2CC2)o1. The Morgan fingerprint density at radius 3 is 2.74 bits per heavy atom. The quantitative estimate of drug-likeness (QED) is 0.880. The summed E-state index contributed by atoms with van der Waals surface area (Å²) < 4.78 is 5.46. The van der Waals surface area contributed by atoms with Crippen molar-refractivity contribution < 1.29 is 4.42 Å². The molecule has 0 atom stereocenters. The monoisotopic (exact) mass is 294 g/mol. The molecule has 3 heterocycles. The lowest BCUT2D eigenvalue weighted by Crippen LogP contribution is -2.17. The third kappa shape index (κ3) is 2.10. The smallest absolute Gasteiger partial charge is 0.284 e. The summed E-state index contributed by atoms with van der Waals surface area (Å²) in [5.41, 5.74) is 1.15. The first kappa shape index (κ1) is 11.6. The fraction of sp³-hybridized carbons (Fsp3) is 0.583. The van der Waals surface area contributed by atoms with E-state index in [-0.39, 0.29) is 0 Å². The lowest BCUT2D eigenvalue weighted by atomic mass is 10.2. The molecule has 1 saturated heterocycles. The molecular formula is C12H14N4OS2. The van der Waals surface area contributed by atoms with Crippen LogP contribution in [0.25, 0.3) is 10.8 Å². The van der Waals surface area contributed by atoms with Crippen LogP contribution in [0.5, 0.6) is 0 Å². The molecule has 0 radical (unpaired) electrons. The van der Waals surface area contributed by atoms with Gasteiger partial charge in [0.25, 0.3) is 10.7 Å². The van der Waals surface area contributed by atoms with Gasteiger partial charge in [0, 0.05) is 19.0 Å². The average Bonchev–Trinajstić information content (AvgIpc) is 2.87. The van der Waals surface area contributed by atoms with Crippen LogP contribution in [0.3, 0.4) is 0 Å². The van der Waals surface area contributed by atoms with Crippen LogP contribution in [0, 0.1) is 4.84 Å². The van der Waals surface area contributed by atoms with Gasteiger partial charge in [-0.1, -0.05) is 11.3 Å². The third-order valence-corrected chi connectivity index (χ3v) is 4.91. The first-order valence-electron chi connectivity index (χ1n) is 6.63. The summed E-state index contributed by atoms with van der Waals surface area (Å²) >= 11 is 6.64. The zero-order valence-corrected chi connectivity index (χ0v) is 12.0. The van der Waals surface area contributed by atoms with E-state index in [1.165, 1.54) is 25.7 Å². The van der Waals surface area contributed by atoms with E-state index in [2.05, 4.69) is 15.1 Å². The summed E-state index contributed by atoms with van der Waals surface area (Å²) in [6.07, 6.45) is 4.97. The van der Waals surface area contributed by atoms with Crippen molar-refractivity contribution in [1.82, 2.24) is 15.2 Å². The molecule has 1 N–H and O–H groups in total. The molecule has 4 rings (SSSR count). The minimum absolute atomic E-state index is 0.327. The molecule has 2 fully saturated rings. The van der Waals surface area contributed by atoms with Gasteiger partial charge >= 0.3 is 0 Å². The van der Waals surface area contributed by atoms with Crippen molar-refractivity contribution in [3.05, 3.63) is 10.5 Å². The van der Waals surface area contributed by atoms with Crippen molar-refractivity contribution in [2.24, 2.45) is 0 Å². The molecule has 19 heavy (non-hydrogen) atoms. The van der Waals surface area contributed by atoms with E-state index >= 15 is 0 Å². The van der Waals surface area contributed by atoms with E-state index < -0.39 is 0 Å². The van der Waals surface area contributed by atoms with Gasteiger partial charge in [-0.15, -0.1) is 5.10 Å². The van der Waals surface area contributed by atoms with Gasteiger partial charge in [0.15, 0.2) is 5.13 Å². The van der Waals surface area contributed by atoms with Gasteiger partial charge < -0.3 is 9.32 Å². The largest absolute Gasteiger partial charge is 0.408 e. The number of nitrogens with one attached hydrogen (secondary N) is 1. The summed E-state index contributed by atoms with van der Waals surface area (Å²) in [6, 6.07) is 0. The first-order chi connectivity index (χ1) is 9.31. The van der Waals surface area contributed by atoms with Gasteiger partial charge in [-0.05, 0) is 37.9 Å². The van der Waals surface area contributed by atoms with Crippen LogP contribution >= 0.6 is 23.6 Å². The minimum Gasteiger partial charge on any atom is -0.408 e. The van der Waals surface area contributed by atoms with Crippen molar-refractivity contribution in [3.63, 3.8) is 0 Å². The summed E-state index contributed by atoms with van der Waals surface area (Å²) in [4.78, 5) is 8.58. The topological polar surface area (TPSA) is 58.0 Å². The molecular weight excluding hydrogens is 280 g/mol. The molecule has 5 nitrogen and oxygen atoms in total. The van der Waals surface area contributed by atoms with Crippen LogP contribution in [0.2, 0.25) is 0 Å². The van der Waals surface area contributed by atoms with Crippen LogP contribution in [0.1, 0.15) is 37.3 Å². The van der Waals surface area contributed by atoms with E-state index in [4.69, 9.17) is 21.6 Å². The van der Waals surface area contributed by atoms with Crippen molar-refractivity contribution in [2.75, 3.05) is 18.0 Å². The second kappa shape index (κ2) is 4.42. The molecule has 0 bridgehead atoms. The van der Waals surface area contributed by atoms with Crippen molar-refractivity contribution in [3.8, 4) is 10.8 Å². The second-order valence-electron chi connectivity index (χ2n) is 5.10. The normalized spacial score (nSPS) is 19.3. The molecule has 2 aliphatic rings. The highest BCUT2D eigenvalue weighted by Crippen LogP contribution is 2.47. The summed E-state index contributed by atoms with van der Waals surface area (Å²) in [5.74, 6) is 1.18. The third-order valence-electron chi connectivity index (χ3n) is 3.62. The fourth-order valence-corrected chi connectivity index (χ4v) is 3.73. The number of anilines is 1. The summed E-state index contributed by atoms with van der Waals surface area (Å²) in [7, 11) is 0. The van der Waals surface area contributed by atoms with Gasteiger partial charge in [0.05, 0.1) is 5.69 Å². The Balaban J connectivity index is 1.77. The van der Waals surface area contributed by atoms with Crippen molar-refractivity contribution in [2.45, 2.75) is 31.6 Å². The molecule has 100 valence electrons. The Morgan fingerprint density at radius 2 is 2.11 bits per heavy atom. The molecule has 2 aromatic rings. The standard InChI is InChI=1S/C12H14N4OS2/c18-12-15-14-10(17-12)9-8(7-3-4-7)13-11(19-9)16-5-1-2-6-16/h7H,1-6H2,(H,15,18). The Bertz CT molecular complexity index is 649. The lowest BCUT2D eigenvalue weighted by molar-refractivity contribution is 0.552. The molecule has 0 unspecified atom stereocenters. The predicted molar refractivity (Wildman–Crippen MR) is 76.2 cm³/mol. The summed E-state index contributed by atoms with van der Waals surface area (Å²) in [6.45, 7) is 2.22. The Labute approximate surface area is 119 Å². The Kier molecular flexibility index (Phi) is 2.70. The molecule has 0 spiro atoms. The van der Waals surface area contributed by atoms with Crippen LogP contribution in [-0.2, 0) is 0 Å². The van der Waals surface area contributed by atoms with Crippen LogP contribution < -0.4 is 4.90 Å². The van der Waals surface area contributed by atoms with Crippen LogP contribution in [0.4, 0.5) is 5.13 Å². The van der Waals surface area contributed by atoms with Gasteiger partial charge in [-0.25, -0.2) is 10.1 Å². The van der Waals surface area contributed by atoms with Crippen LogP contribution in [-0.4, -0.2) is 28.3 Å². The second-order valence-corrected chi connectivity index (χ2v) is 6.45. The van der Waals surface area contributed by atoms with E-state index in [1.54, 1.807) is 11.3 Å². The number of nitrogens with zero attached hydrogens (tertiary/aromatic N) is 3. The highest BCUT2D eigenvalue weighted by Gasteiger charge is 2.33.